The summed E-state index contributed by atoms with van der Waals surface area (Å²) in [5.74, 6) is -0.198. The molecule has 0 radical (unpaired) electrons. The summed E-state index contributed by atoms with van der Waals surface area (Å²) < 4.78 is 4.40. The van der Waals surface area contributed by atoms with E-state index in [1.54, 1.807) is 6.21 Å². The number of aryl methyl sites for hydroxylation is 2. The van der Waals surface area contributed by atoms with Crippen LogP contribution in [-0.2, 0) is 4.79 Å². The molecule has 3 rings (SSSR count). The second kappa shape index (κ2) is 9.58. The first-order valence-corrected chi connectivity index (χ1v) is 11.0. The van der Waals surface area contributed by atoms with Crippen molar-refractivity contribution in [2.24, 2.45) is 5.10 Å². The van der Waals surface area contributed by atoms with Gasteiger partial charge in [-0.3, -0.25) is 4.79 Å². The van der Waals surface area contributed by atoms with Gasteiger partial charge in [-0.05, 0) is 91.4 Å². The van der Waals surface area contributed by atoms with E-state index in [1.807, 2.05) is 31.2 Å². The molecule has 0 saturated heterocycles. The van der Waals surface area contributed by atoms with E-state index in [2.05, 4.69) is 97.0 Å². The second-order valence-electron chi connectivity index (χ2n) is 6.75. The van der Waals surface area contributed by atoms with Gasteiger partial charge in [0.2, 0.25) is 0 Å². The summed E-state index contributed by atoms with van der Waals surface area (Å²) in [5, 5.41) is 7.20. The number of anilines is 1. The highest BCUT2D eigenvalue weighted by Crippen LogP contribution is 2.24. The Morgan fingerprint density at radius 2 is 1.86 bits per heavy atom. The van der Waals surface area contributed by atoms with Crippen LogP contribution in [0.5, 0.6) is 0 Å². The molecule has 3 aromatic rings. The lowest BCUT2D eigenvalue weighted by atomic mass is 10.2. The smallest absolute Gasteiger partial charge is 0.259 e. The molecule has 0 aliphatic heterocycles. The lowest BCUT2D eigenvalue weighted by Gasteiger charge is -2.11. The molecule has 0 saturated carbocycles. The Labute approximate surface area is 192 Å². The molecule has 7 heteroatoms. The molecule has 1 aromatic heterocycles. The largest absolute Gasteiger partial charge is 0.376 e. The van der Waals surface area contributed by atoms with E-state index in [0.717, 1.165) is 36.4 Å². The number of hydrazone groups is 1. The maximum absolute atomic E-state index is 12.0. The van der Waals surface area contributed by atoms with Gasteiger partial charge >= 0.3 is 0 Å². The quantitative estimate of drug-likeness (QED) is 0.241. The number of nitrogens with one attached hydrogen (secondary N) is 2. The predicted octanol–water partition coefficient (Wildman–Crippen LogP) is 5.33. The summed E-state index contributed by atoms with van der Waals surface area (Å²) in [4.78, 5) is 12.0. The molecule has 0 aliphatic rings. The standard InChI is InChI=1S/C22H22BrIN4O/c1-14-4-9-20(11-21(14)23)28-15(2)10-17(16(28)3)12-26-27-22(29)13-25-19-7-5-18(24)6-8-19/h4-12,25H,13H2,1-3H3,(H,27,29)/b26-12-. The highest BCUT2D eigenvalue weighted by atomic mass is 127. The van der Waals surface area contributed by atoms with Gasteiger partial charge < -0.3 is 9.88 Å². The molecule has 0 aliphatic carbocycles. The van der Waals surface area contributed by atoms with Gasteiger partial charge in [0.15, 0.2) is 0 Å². The molecule has 0 fully saturated rings. The average molecular weight is 565 g/mol. The van der Waals surface area contributed by atoms with Gasteiger partial charge in [0, 0.05) is 36.4 Å². The van der Waals surface area contributed by atoms with Crippen LogP contribution in [-0.4, -0.2) is 23.2 Å². The Balaban J connectivity index is 1.64. The summed E-state index contributed by atoms with van der Waals surface area (Å²) in [6.07, 6.45) is 1.69. The Bertz CT molecular complexity index is 1060. The van der Waals surface area contributed by atoms with E-state index in [0.29, 0.717) is 0 Å². The zero-order valence-electron chi connectivity index (χ0n) is 16.5. The number of hydrogen-bond donors (Lipinski definition) is 2. The fourth-order valence-corrected chi connectivity index (χ4v) is 3.73. The summed E-state index contributed by atoms with van der Waals surface area (Å²) in [7, 11) is 0. The number of nitrogens with zero attached hydrogens (tertiary/aromatic N) is 2. The zero-order valence-corrected chi connectivity index (χ0v) is 20.2. The molecular formula is C22H22BrIN4O. The molecular weight excluding hydrogens is 543 g/mol. The molecule has 1 heterocycles. The van der Waals surface area contributed by atoms with Crippen LogP contribution >= 0.6 is 38.5 Å². The number of amides is 1. The first kappa shape index (κ1) is 21.6. The van der Waals surface area contributed by atoms with Crippen LogP contribution in [0, 0.1) is 24.3 Å². The molecule has 0 atom stereocenters. The Hall–Kier alpha value is -2.13. The van der Waals surface area contributed by atoms with Crippen LogP contribution in [0.15, 0.2) is 58.1 Å². The summed E-state index contributed by atoms with van der Waals surface area (Å²) in [6, 6.07) is 16.2. The Morgan fingerprint density at radius 1 is 1.14 bits per heavy atom. The van der Waals surface area contributed by atoms with Crippen molar-refractivity contribution in [2.45, 2.75) is 20.8 Å². The minimum atomic E-state index is -0.198. The number of aromatic nitrogens is 1. The number of carbonyl (C=O) groups is 1. The minimum absolute atomic E-state index is 0.161. The van der Waals surface area contributed by atoms with Crippen LogP contribution in [0.3, 0.4) is 0 Å². The second-order valence-corrected chi connectivity index (χ2v) is 8.85. The van der Waals surface area contributed by atoms with E-state index in [1.165, 1.54) is 5.56 Å². The fourth-order valence-electron chi connectivity index (χ4n) is 3.00. The molecule has 29 heavy (non-hydrogen) atoms. The molecule has 0 bridgehead atoms. The van der Waals surface area contributed by atoms with Crippen molar-refractivity contribution < 1.29 is 4.79 Å². The Morgan fingerprint density at radius 3 is 2.55 bits per heavy atom. The third-order valence-electron chi connectivity index (χ3n) is 4.57. The van der Waals surface area contributed by atoms with Crippen LogP contribution in [0.4, 0.5) is 5.69 Å². The zero-order chi connectivity index (χ0) is 21.0. The van der Waals surface area contributed by atoms with Gasteiger partial charge in [-0.1, -0.05) is 22.0 Å². The number of rotatable bonds is 6. The van der Waals surface area contributed by atoms with Gasteiger partial charge in [-0.2, -0.15) is 5.10 Å². The van der Waals surface area contributed by atoms with E-state index in [9.17, 15) is 4.79 Å². The summed E-state index contributed by atoms with van der Waals surface area (Å²) in [6.45, 7) is 6.33. The summed E-state index contributed by atoms with van der Waals surface area (Å²) in [5.41, 5.74) is 8.88. The van der Waals surface area contributed by atoms with Crippen molar-refractivity contribution in [1.82, 2.24) is 9.99 Å². The van der Waals surface area contributed by atoms with Gasteiger partial charge in [-0.25, -0.2) is 5.43 Å². The highest BCUT2D eigenvalue weighted by Gasteiger charge is 2.10. The van der Waals surface area contributed by atoms with Crippen LogP contribution in [0.2, 0.25) is 0 Å². The third-order valence-corrected chi connectivity index (χ3v) is 6.15. The topological polar surface area (TPSA) is 58.4 Å². The van der Waals surface area contributed by atoms with Gasteiger partial charge in [-0.15, -0.1) is 0 Å². The predicted molar refractivity (Wildman–Crippen MR) is 131 cm³/mol. The van der Waals surface area contributed by atoms with Gasteiger partial charge in [0.25, 0.3) is 5.91 Å². The van der Waals surface area contributed by atoms with Gasteiger partial charge in [0.1, 0.15) is 0 Å². The van der Waals surface area contributed by atoms with Gasteiger partial charge in [0.05, 0.1) is 12.8 Å². The van der Waals surface area contributed by atoms with E-state index >= 15 is 0 Å². The van der Waals surface area contributed by atoms with Crippen molar-refractivity contribution in [3.63, 3.8) is 0 Å². The maximum atomic E-state index is 12.0. The Kier molecular flexibility index (Phi) is 7.13. The normalized spacial score (nSPS) is 11.1. The van der Waals surface area contributed by atoms with Crippen LogP contribution in [0.25, 0.3) is 5.69 Å². The van der Waals surface area contributed by atoms with Crippen molar-refractivity contribution in [3.8, 4) is 5.69 Å². The van der Waals surface area contributed by atoms with Crippen LogP contribution in [0.1, 0.15) is 22.5 Å². The third kappa shape index (κ3) is 5.48. The SMILES string of the molecule is Cc1ccc(-n2c(C)cc(/C=N\NC(=O)CNc3ccc(I)cc3)c2C)cc1Br. The van der Waals surface area contributed by atoms with Crippen molar-refractivity contribution >= 4 is 56.3 Å². The van der Waals surface area contributed by atoms with Crippen molar-refractivity contribution in [3.05, 3.63) is 79.1 Å². The number of carbonyl (C=O) groups excluding carboxylic acids is 1. The first-order chi connectivity index (χ1) is 13.8. The number of benzene rings is 2. The molecule has 0 spiro atoms. The average Bonchev–Trinajstić information content (AvgIpc) is 2.97. The number of hydrogen-bond acceptors (Lipinski definition) is 3. The molecule has 1 amide bonds. The fraction of sp³-hybridized carbons (Fsp3) is 0.182. The van der Waals surface area contributed by atoms with Crippen LogP contribution < -0.4 is 10.7 Å². The lowest BCUT2D eigenvalue weighted by Crippen LogP contribution is -2.25. The highest BCUT2D eigenvalue weighted by molar-refractivity contribution is 14.1. The summed E-state index contributed by atoms with van der Waals surface area (Å²) >= 11 is 5.84. The molecule has 2 N–H and O–H groups in total. The first-order valence-electron chi connectivity index (χ1n) is 9.12. The molecule has 5 nitrogen and oxygen atoms in total. The van der Waals surface area contributed by atoms with Crippen molar-refractivity contribution in [1.29, 1.82) is 0 Å². The number of halogens is 2. The lowest BCUT2D eigenvalue weighted by molar-refractivity contribution is -0.119. The van der Waals surface area contributed by atoms with Crippen molar-refractivity contribution in [2.75, 3.05) is 11.9 Å². The maximum Gasteiger partial charge on any atom is 0.259 e. The molecule has 150 valence electrons. The van der Waals surface area contributed by atoms with E-state index in [-0.39, 0.29) is 12.5 Å². The minimum Gasteiger partial charge on any atom is -0.376 e. The molecule has 0 unspecified atom stereocenters. The molecule has 2 aromatic carbocycles. The van der Waals surface area contributed by atoms with E-state index < -0.39 is 0 Å². The van der Waals surface area contributed by atoms with E-state index in [4.69, 9.17) is 0 Å². The monoisotopic (exact) mass is 564 g/mol.